The van der Waals surface area contributed by atoms with Crippen molar-refractivity contribution < 1.29 is 23.4 Å². The Bertz CT molecular complexity index is 2100. The smallest absolute Gasteiger partial charge is 0.191 e. The molecule has 1 aliphatic carbocycles. The number of Topliss-reactive ketones (excluding diaryl/α,β-unsaturated/α-hetero) is 1. The number of fused-ring (bicyclic) bond motifs is 2. The first-order valence-electron chi connectivity index (χ1n) is 17.3. The molecule has 3 aliphatic rings. The first-order chi connectivity index (χ1) is 24.2. The van der Waals surface area contributed by atoms with Crippen LogP contribution in [0, 0.1) is 11.6 Å². The number of nitrogens with one attached hydrogen (secondary N) is 2. The zero-order valence-electron chi connectivity index (χ0n) is 28.3. The quantitative estimate of drug-likeness (QED) is 0.179. The van der Waals surface area contributed by atoms with Crippen molar-refractivity contribution in [3.05, 3.63) is 100 Å². The van der Waals surface area contributed by atoms with E-state index >= 15 is 8.78 Å². The van der Waals surface area contributed by atoms with Gasteiger partial charge in [-0.15, -0.1) is 0 Å². The maximum Gasteiger partial charge on any atom is 0.191 e. The van der Waals surface area contributed by atoms with E-state index < -0.39 is 30.1 Å². The Morgan fingerprint density at radius 1 is 1.06 bits per heavy atom. The van der Waals surface area contributed by atoms with Crippen LogP contribution in [0.5, 0.6) is 5.75 Å². The molecule has 258 valence electrons. The topological polar surface area (TPSA) is 107 Å². The van der Waals surface area contributed by atoms with Gasteiger partial charge in [0.2, 0.25) is 0 Å². The summed E-state index contributed by atoms with van der Waals surface area (Å²) in [7, 11) is 2.16. The Morgan fingerprint density at radius 3 is 2.64 bits per heavy atom. The van der Waals surface area contributed by atoms with E-state index in [9.17, 15) is 9.90 Å². The SMILES string of the molecule is CC1CN(C(C)c2ccc(-c3cc4c(-c5cc(F)cc(C6NCOc7cc(C8CC8)cc(F)c7C6=O)c5CO)ccnc4[nH]3)nc2)CCN1C. The van der Waals surface area contributed by atoms with Gasteiger partial charge in [0.05, 0.1) is 29.6 Å². The van der Waals surface area contributed by atoms with E-state index in [1.807, 2.05) is 18.3 Å². The van der Waals surface area contributed by atoms with Gasteiger partial charge in [-0.3, -0.25) is 20.0 Å². The van der Waals surface area contributed by atoms with Crippen molar-refractivity contribution >= 4 is 16.8 Å². The minimum Gasteiger partial charge on any atom is -0.477 e. The number of likely N-dealkylation sites (N-methyl/N-ethyl adjacent to an activating group) is 1. The number of hydrogen-bond acceptors (Lipinski definition) is 8. The third kappa shape index (κ3) is 5.87. The fraction of sp³-hybridized carbons (Fsp3) is 0.359. The van der Waals surface area contributed by atoms with E-state index in [-0.39, 0.29) is 35.6 Å². The van der Waals surface area contributed by atoms with Crippen molar-refractivity contribution in [1.82, 2.24) is 30.1 Å². The average molecular weight is 679 g/mol. The van der Waals surface area contributed by atoms with Crippen LogP contribution >= 0.6 is 0 Å². The van der Waals surface area contributed by atoms with Gasteiger partial charge in [-0.2, -0.15) is 0 Å². The Labute approximate surface area is 289 Å². The number of rotatable bonds is 7. The first-order valence-corrected chi connectivity index (χ1v) is 17.3. The number of nitrogens with zero attached hydrogens (tertiary/aromatic N) is 4. The summed E-state index contributed by atoms with van der Waals surface area (Å²) in [6.07, 6.45) is 5.48. The third-order valence-corrected chi connectivity index (χ3v) is 10.8. The molecular formula is C39H40F2N6O3. The lowest BCUT2D eigenvalue weighted by molar-refractivity contribution is 0.0773. The largest absolute Gasteiger partial charge is 0.477 e. The summed E-state index contributed by atoms with van der Waals surface area (Å²) in [6.45, 7) is 6.92. The van der Waals surface area contributed by atoms with Gasteiger partial charge < -0.3 is 19.7 Å². The Hall–Kier alpha value is -4.55. The second-order valence-electron chi connectivity index (χ2n) is 13.9. The number of H-pyrrole nitrogens is 1. The molecule has 1 saturated carbocycles. The zero-order chi connectivity index (χ0) is 34.7. The van der Waals surface area contributed by atoms with Gasteiger partial charge in [0.15, 0.2) is 5.78 Å². The highest BCUT2D eigenvalue weighted by Crippen LogP contribution is 2.44. The molecule has 5 aromatic rings. The number of carbonyl (C=O) groups excluding carboxylic acids is 1. The molecule has 3 aromatic heterocycles. The van der Waals surface area contributed by atoms with Crippen molar-refractivity contribution in [2.45, 2.75) is 57.3 Å². The number of ether oxygens (including phenoxy) is 1. The molecule has 0 radical (unpaired) electrons. The summed E-state index contributed by atoms with van der Waals surface area (Å²) in [5.41, 5.74) is 5.41. The third-order valence-electron chi connectivity index (χ3n) is 10.8. The van der Waals surface area contributed by atoms with Crippen LogP contribution in [0.4, 0.5) is 8.78 Å². The predicted molar refractivity (Wildman–Crippen MR) is 187 cm³/mol. The van der Waals surface area contributed by atoms with Gasteiger partial charge in [0.1, 0.15) is 29.8 Å². The molecule has 0 spiro atoms. The summed E-state index contributed by atoms with van der Waals surface area (Å²) >= 11 is 0. The molecule has 1 saturated heterocycles. The van der Waals surface area contributed by atoms with Gasteiger partial charge in [0, 0.05) is 49.5 Å². The number of hydrogen-bond donors (Lipinski definition) is 3. The molecule has 11 heteroatoms. The van der Waals surface area contributed by atoms with E-state index in [1.54, 1.807) is 18.3 Å². The van der Waals surface area contributed by atoms with Gasteiger partial charge in [-0.25, -0.2) is 13.8 Å². The van der Waals surface area contributed by atoms with Gasteiger partial charge in [-0.05, 0) is 115 Å². The molecule has 0 bridgehead atoms. The molecule has 3 atom stereocenters. The van der Waals surface area contributed by atoms with Crippen molar-refractivity contribution in [3.63, 3.8) is 0 Å². The minimum absolute atomic E-state index is 0.0899. The molecular weight excluding hydrogens is 638 g/mol. The second-order valence-corrected chi connectivity index (χ2v) is 13.9. The Morgan fingerprint density at radius 2 is 1.90 bits per heavy atom. The van der Waals surface area contributed by atoms with E-state index in [0.29, 0.717) is 33.8 Å². The van der Waals surface area contributed by atoms with Crippen LogP contribution in [0.1, 0.15) is 77.3 Å². The molecule has 3 unspecified atom stereocenters. The summed E-state index contributed by atoms with van der Waals surface area (Å²) in [4.78, 5) is 31.5. The summed E-state index contributed by atoms with van der Waals surface area (Å²) in [5.74, 6) is -1.40. The van der Waals surface area contributed by atoms with Crippen LogP contribution in [-0.2, 0) is 6.61 Å². The van der Waals surface area contributed by atoms with E-state index in [0.717, 1.165) is 55.0 Å². The van der Waals surface area contributed by atoms with Gasteiger partial charge in [0.25, 0.3) is 0 Å². The Kier molecular flexibility index (Phi) is 8.46. The first kappa shape index (κ1) is 32.6. The molecule has 3 N–H and O–H groups in total. The van der Waals surface area contributed by atoms with Crippen molar-refractivity contribution in [3.8, 4) is 28.3 Å². The Balaban J connectivity index is 1.13. The van der Waals surface area contributed by atoms with Gasteiger partial charge in [-0.1, -0.05) is 6.07 Å². The molecule has 8 rings (SSSR count). The number of piperazine rings is 1. The number of carbonyl (C=O) groups is 1. The standard InChI is InChI=1S/C39H40F2N6O3/c1-21-18-47(11-10-46(21)3)22(2)24-6-7-33(43-17-24)34-16-30-27(8-9-42-39(30)45-34)28-14-26(40)15-29(31(28)19-48)37-38(49)36-32(41)12-25(23-4-5-23)13-35(36)50-20-44-37/h6-9,12-17,21-23,37,44,48H,4-5,10-11,18-20H2,1-3H3,(H,42,45). The van der Waals surface area contributed by atoms with Crippen LogP contribution in [0.15, 0.2) is 60.9 Å². The summed E-state index contributed by atoms with van der Waals surface area (Å²) < 4.78 is 36.8. The number of aliphatic hydroxyl groups is 1. The van der Waals surface area contributed by atoms with E-state index in [1.165, 1.54) is 18.2 Å². The van der Waals surface area contributed by atoms with E-state index in [2.05, 4.69) is 52.0 Å². The summed E-state index contributed by atoms with van der Waals surface area (Å²) in [6, 6.07) is 13.1. The number of halogens is 2. The van der Waals surface area contributed by atoms with E-state index in [4.69, 9.17) is 9.72 Å². The lowest BCUT2D eigenvalue weighted by Crippen LogP contribution is -2.50. The predicted octanol–water partition coefficient (Wildman–Crippen LogP) is 6.50. The second kappa shape index (κ2) is 13.0. The minimum atomic E-state index is -1.15. The normalized spacial score (nSPS) is 20.8. The van der Waals surface area contributed by atoms with Crippen LogP contribution in [0.25, 0.3) is 33.5 Å². The highest BCUT2D eigenvalue weighted by Gasteiger charge is 2.35. The van der Waals surface area contributed by atoms with Crippen LogP contribution in [0.2, 0.25) is 0 Å². The van der Waals surface area contributed by atoms with Gasteiger partial charge >= 0.3 is 0 Å². The lowest BCUT2D eigenvalue weighted by Gasteiger charge is -2.40. The molecule has 50 heavy (non-hydrogen) atoms. The molecule has 9 nitrogen and oxygen atoms in total. The molecule has 0 amide bonds. The molecule has 2 fully saturated rings. The van der Waals surface area contributed by atoms with Crippen LogP contribution in [0.3, 0.4) is 0 Å². The molecule has 2 aromatic carbocycles. The summed E-state index contributed by atoms with van der Waals surface area (Å²) in [5, 5.41) is 14.5. The van der Waals surface area contributed by atoms with Crippen molar-refractivity contribution in [2.75, 3.05) is 33.4 Å². The fourth-order valence-electron chi connectivity index (χ4n) is 7.48. The zero-order valence-corrected chi connectivity index (χ0v) is 28.3. The van der Waals surface area contributed by atoms with Crippen molar-refractivity contribution in [1.29, 1.82) is 0 Å². The number of pyridine rings is 2. The number of benzene rings is 2. The number of ketones is 1. The number of aliphatic hydroxyl groups excluding tert-OH is 1. The highest BCUT2D eigenvalue weighted by atomic mass is 19.1. The van der Waals surface area contributed by atoms with Crippen LogP contribution in [-0.4, -0.2) is 75.1 Å². The lowest BCUT2D eigenvalue weighted by atomic mass is 9.88. The maximum atomic E-state index is 15.5. The fourth-order valence-corrected chi connectivity index (χ4v) is 7.48. The van der Waals surface area contributed by atoms with Crippen molar-refractivity contribution in [2.24, 2.45) is 0 Å². The molecule has 5 heterocycles. The maximum absolute atomic E-state index is 15.5. The average Bonchev–Trinajstić information content (AvgIpc) is 3.90. The number of aromatic amines is 1. The van der Waals surface area contributed by atoms with Crippen LogP contribution < -0.4 is 10.1 Å². The monoisotopic (exact) mass is 678 g/mol. The molecule has 2 aliphatic heterocycles. The number of aromatic nitrogens is 3. The highest BCUT2D eigenvalue weighted by molar-refractivity contribution is 6.04.